The Bertz CT molecular complexity index is 1830. The molecule has 4 aliphatic carbocycles. The molecule has 1 amide bonds. The number of rotatable bonds is 7. The fourth-order valence-corrected chi connectivity index (χ4v) is 8.91. The summed E-state index contributed by atoms with van der Waals surface area (Å²) in [5.74, 6) is -4.14. The zero-order chi connectivity index (χ0) is 35.6. The number of nitrogen functional groups attached to an aromatic ring is 1. The van der Waals surface area contributed by atoms with Crippen LogP contribution < -0.4 is 11.1 Å². The van der Waals surface area contributed by atoms with E-state index < -0.39 is 58.9 Å². The maximum absolute atomic E-state index is 15.0. The number of para-hydroxylation sites is 2. The molecule has 1 spiro atoms. The van der Waals surface area contributed by atoms with Crippen LogP contribution in [0.2, 0.25) is 0 Å². The van der Waals surface area contributed by atoms with E-state index in [1.54, 1.807) is 55.5 Å². The molecule has 2 saturated carbocycles. The van der Waals surface area contributed by atoms with Crippen molar-refractivity contribution in [2.75, 3.05) is 17.7 Å². The third kappa shape index (κ3) is 5.26. The SMILES string of the molecule is CC(=O)OCC1=CC2C(=O)C3(C=C(C)C(OC(C)=O)C3(O)C1OC(=O)c1ccccc1NC(=O)c1ccccc1N)C(C)CC1C2C1(C)C. The highest BCUT2D eigenvalue weighted by molar-refractivity contribution is 6.10. The third-order valence-electron chi connectivity index (χ3n) is 11.2. The first-order valence-electron chi connectivity index (χ1n) is 16.5. The maximum atomic E-state index is 15.0. The standard InChI is InChI=1S/C38H42N2O9/c1-19-17-37-20(2)15-27-30(36(27,5)6)26(31(37)43)16-23(18-47-21(3)41)33(38(37,46)32(19)48-22(4)42)49-35(45)25-12-8-10-14-29(25)40-34(44)24-11-7-9-13-28(24)39/h7-14,16-17,20,26-27,30,32-33,46H,15,18,39H2,1-6H3,(H,40,44). The molecule has 0 heterocycles. The van der Waals surface area contributed by atoms with Crippen LogP contribution in [-0.2, 0) is 28.6 Å². The van der Waals surface area contributed by atoms with E-state index in [2.05, 4.69) is 19.2 Å². The van der Waals surface area contributed by atoms with Crippen LogP contribution in [0.5, 0.6) is 0 Å². The largest absolute Gasteiger partial charge is 0.461 e. The van der Waals surface area contributed by atoms with Crippen molar-refractivity contribution in [3.63, 3.8) is 0 Å². The van der Waals surface area contributed by atoms with E-state index in [0.717, 1.165) is 0 Å². The molecule has 11 nitrogen and oxygen atoms in total. The molecule has 6 rings (SSSR count). The number of benzene rings is 2. The normalized spacial score (nSPS) is 32.2. The molecule has 49 heavy (non-hydrogen) atoms. The highest BCUT2D eigenvalue weighted by Gasteiger charge is 2.77. The minimum Gasteiger partial charge on any atom is -0.461 e. The molecular weight excluding hydrogens is 628 g/mol. The van der Waals surface area contributed by atoms with Gasteiger partial charge >= 0.3 is 17.9 Å². The van der Waals surface area contributed by atoms with Crippen molar-refractivity contribution in [2.24, 2.45) is 34.5 Å². The number of esters is 3. The second kappa shape index (κ2) is 12.0. The van der Waals surface area contributed by atoms with Gasteiger partial charge in [0.2, 0.25) is 0 Å². The van der Waals surface area contributed by atoms with E-state index in [1.165, 1.54) is 26.0 Å². The first-order chi connectivity index (χ1) is 23.0. The zero-order valence-electron chi connectivity index (χ0n) is 28.4. The van der Waals surface area contributed by atoms with Crippen molar-refractivity contribution in [3.05, 3.63) is 83.0 Å². The summed E-state index contributed by atoms with van der Waals surface area (Å²) in [6, 6.07) is 12.7. The van der Waals surface area contributed by atoms with Crippen LogP contribution in [0.4, 0.5) is 11.4 Å². The maximum Gasteiger partial charge on any atom is 0.340 e. The third-order valence-corrected chi connectivity index (χ3v) is 11.2. The first-order valence-corrected chi connectivity index (χ1v) is 16.5. The number of amides is 1. The van der Waals surface area contributed by atoms with Gasteiger partial charge in [-0.1, -0.05) is 57.2 Å². The summed E-state index contributed by atoms with van der Waals surface area (Å²) in [7, 11) is 0. The van der Waals surface area contributed by atoms with Gasteiger partial charge < -0.3 is 30.4 Å². The van der Waals surface area contributed by atoms with Gasteiger partial charge in [-0.25, -0.2) is 4.79 Å². The van der Waals surface area contributed by atoms with Gasteiger partial charge in [0, 0.05) is 31.0 Å². The predicted octanol–water partition coefficient (Wildman–Crippen LogP) is 4.66. The Kier molecular flexibility index (Phi) is 8.34. The number of hydrogen-bond acceptors (Lipinski definition) is 10. The predicted molar refractivity (Wildman–Crippen MR) is 179 cm³/mol. The van der Waals surface area contributed by atoms with Crippen LogP contribution in [0.25, 0.3) is 0 Å². The molecular formula is C38H42N2O9. The van der Waals surface area contributed by atoms with Crippen molar-refractivity contribution >= 4 is 41.0 Å². The molecule has 2 bridgehead atoms. The van der Waals surface area contributed by atoms with Gasteiger partial charge in [0.15, 0.2) is 23.6 Å². The Morgan fingerprint density at radius 1 is 0.959 bits per heavy atom. The molecule has 4 aliphatic rings. The molecule has 258 valence electrons. The van der Waals surface area contributed by atoms with Crippen LogP contribution in [0.3, 0.4) is 0 Å². The summed E-state index contributed by atoms with van der Waals surface area (Å²) in [6.07, 6.45) is 1.00. The number of fused-ring (bicyclic) bond motifs is 3. The van der Waals surface area contributed by atoms with Crippen LogP contribution in [-0.4, -0.2) is 59.1 Å². The summed E-state index contributed by atoms with van der Waals surface area (Å²) in [6.45, 7) is 9.83. The molecule has 0 aliphatic heterocycles. The van der Waals surface area contributed by atoms with Gasteiger partial charge in [-0.05, 0) is 66.4 Å². The number of anilines is 2. The monoisotopic (exact) mass is 670 g/mol. The smallest absolute Gasteiger partial charge is 0.340 e. The van der Waals surface area contributed by atoms with Crippen molar-refractivity contribution < 1.29 is 43.3 Å². The second-order valence-corrected chi connectivity index (χ2v) is 14.4. The van der Waals surface area contributed by atoms with Crippen molar-refractivity contribution in [3.8, 4) is 0 Å². The summed E-state index contributed by atoms with van der Waals surface area (Å²) >= 11 is 0. The van der Waals surface area contributed by atoms with E-state index in [-0.39, 0.29) is 57.7 Å². The number of ether oxygens (including phenoxy) is 3. The zero-order valence-corrected chi connectivity index (χ0v) is 28.4. The van der Waals surface area contributed by atoms with Gasteiger partial charge in [0.05, 0.1) is 22.2 Å². The Morgan fingerprint density at radius 2 is 1.61 bits per heavy atom. The van der Waals surface area contributed by atoms with Crippen molar-refractivity contribution in [2.45, 2.75) is 65.8 Å². The Labute approximate surface area is 284 Å². The number of carbonyl (C=O) groups is 5. The van der Waals surface area contributed by atoms with Gasteiger partial charge in [-0.2, -0.15) is 0 Å². The van der Waals surface area contributed by atoms with E-state index in [0.29, 0.717) is 12.0 Å². The summed E-state index contributed by atoms with van der Waals surface area (Å²) in [5.41, 5.74) is 3.04. The van der Waals surface area contributed by atoms with E-state index in [4.69, 9.17) is 19.9 Å². The molecule has 2 fully saturated rings. The number of allylic oxidation sites excluding steroid dienone is 1. The number of nitrogens with two attached hydrogens (primary N) is 1. The second-order valence-electron chi connectivity index (χ2n) is 14.4. The average molecular weight is 671 g/mol. The van der Waals surface area contributed by atoms with Crippen molar-refractivity contribution in [1.82, 2.24) is 0 Å². The summed E-state index contributed by atoms with van der Waals surface area (Å²) < 4.78 is 17.5. The first kappa shape index (κ1) is 34.1. The lowest BCUT2D eigenvalue weighted by Gasteiger charge is -2.49. The van der Waals surface area contributed by atoms with Crippen LogP contribution in [0.15, 0.2) is 71.8 Å². The lowest BCUT2D eigenvalue weighted by Crippen LogP contribution is -2.66. The molecule has 2 aromatic carbocycles. The Hall–Kier alpha value is -4.77. The molecule has 4 N–H and O–H groups in total. The minimum atomic E-state index is -2.31. The quantitative estimate of drug-likeness (QED) is 0.163. The van der Waals surface area contributed by atoms with E-state index >= 15 is 0 Å². The number of aliphatic hydroxyl groups is 1. The molecule has 0 radical (unpaired) electrons. The average Bonchev–Trinajstić information content (AvgIpc) is 3.53. The highest BCUT2D eigenvalue weighted by Crippen LogP contribution is 2.72. The minimum absolute atomic E-state index is 0.0474. The number of nitrogens with one attached hydrogen (secondary N) is 1. The molecule has 0 aromatic heterocycles. The summed E-state index contributed by atoms with van der Waals surface area (Å²) in [5, 5.41) is 16.0. The highest BCUT2D eigenvalue weighted by atomic mass is 16.6. The van der Waals surface area contributed by atoms with Crippen molar-refractivity contribution in [1.29, 1.82) is 0 Å². The molecule has 8 unspecified atom stereocenters. The molecule has 8 atom stereocenters. The van der Waals surface area contributed by atoms with Crippen LogP contribution in [0.1, 0.15) is 68.7 Å². The van der Waals surface area contributed by atoms with Crippen LogP contribution >= 0.6 is 0 Å². The van der Waals surface area contributed by atoms with Gasteiger partial charge in [0.1, 0.15) is 6.61 Å². The number of ketones is 1. The Morgan fingerprint density at radius 3 is 2.27 bits per heavy atom. The lowest BCUT2D eigenvalue weighted by molar-refractivity contribution is -0.203. The molecule has 0 saturated heterocycles. The topological polar surface area (TPSA) is 171 Å². The molecule has 11 heteroatoms. The Balaban J connectivity index is 1.49. The number of hydrogen-bond donors (Lipinski definition) is 3. The van der Waals surface area contributed by atoms with Gasteiger partial charge in [-0.15, -0.1) is 0 Å². The number of Topliss-reactive ketones (excluding diaryl/α,β-unsaturated/α-hetero) is 1. The number of carbonyl (C=O) groups excluding carboxylic acids is 5. The van der Waals surface area contributed by atoms with Crippen LogP contribution in [0, 0.1) is 34.5 Å². The molecule has 2 aromatic rings. The lowest BCUT2D eigenvalue weighted by atomic mass is 9.59. The fraction of sp³-hybridized carbons (Fsp3) is 0.447. The van der Waals surface area contributed by atoms with Gasteiger partial charge in [-0.3, -0.25) is 19.2 Å². The van der Waals surface area contributed by atoms with Gasteiger partial charge in [0.25, 0.3) is 5.91 Å². The van der Waals surface area contributed by atoms with E-state index in [9.17, 15) is 29.1 Å². The fourth-order valence-electron chi connectivity index (χ4n) is 8.91. The summed E-state index contributed by atoms with van der Waals surface area (Å²) in [4.78, 5) is 67.2. The van der Waals surface area contributed by atoms with E-state index in [1.807, 2.05) is 6.92 Å².